The third-order valence-electron chi connectivity index (χ3n) is 7.95. The lowest BCUT2D eigenvalue weighted by Crippen LogP contribution is -2.61. The van der Waals surface area contributed by atoms with Crippen LogP contribution in [0.3, 0.4) is 0 Å². The van der Waals surface area contributed by atoms with Crippen LogP contribution in [0.2, 0.25) is 0 Å². The minimum Gasteiger partial charge on any atom is -0.493 e. The molecule has 0 spiro atoms. The molecule has 0 aromatic heterocycles. The van der Waals surface area contributed by atoms with Crippen LogP contribution < -0.4 is 25.4 Å². The highest BCUT2D eigenvalue weighted by molar-refractivity contribution is 5.92. The molecule has 1 saturated carbocycles. The number of carboxylic acid groups (broad SMARTS) is 1. The van der Waals surface area contributed by atoms with Gasteiger partial charge in [0.1, 0.15) is 0 Å². The predicted molar refractivity (Wildman–Crippen MR) is 137 cm³/mol. The Morgan fingerprint density at radius 3 is 2.09 bits per heavy atom. The summed E-state index contributed by atoms with van der Waals surface area (Å²) < 4.78 is 111. The maximum atomic E-state index is 14.9. The van der Waals surface area contributed by atoms with Crippen LogP contribution in [-0.2, 0) is 16.4 Å². The van der Waals surface area contributed by atoms with E-state index in [9.17, 15) is 39.9 Å². The Morgan fingerprint density at radius 1 is 0.977 bits per heavy atom. The van der Waals surface area contributed by atoms with Gasteiger partial charge >= 0.3 is 24.4 Å². The first-order chi connectivity index (χ1) is 19.8. The Hall–Kier alpha value is -3.82. The fraction of sp³-hybridized carbons (Fsp3) is 0.481. The first-order valence-electron chi connectivity index (χ1n) is 12.7. The molecule has 1 saturated heterocycles. The topological polar surface area (TPSA) is 114 Å². The quantitative estimate of drug-likeness (QED) is 0.364. The van der Waals surface area contributed by atoms with Gasteiger partial charge in [0.05, 0.1) is 25.5 Å². The number of halogens is 8. The molecule has 1 aliphatic carbocycles. The number of rotatable bonds is 5. The molecule has 43 heavy (non-hydrogen) atoms. The van der Waals surface area contributed by atoms with Crippen LogP contribution in [0.25, 0.3) is 0 Å². The van der Waals surface area contributed by atoms with Gasteiger partial charge in [-0.25, -0.2) is 18.4 Å². The number of hydrogen-bond acceptors (Lipinski definition) is 5. The van der Waals surface area contributed by atoms with Gasteiger partial charge in [-0.3, -0.25) is 4.90 Å². The predicted octanol–water partition coefficient (Wildman–Crippen LogP) is 5.76. The van der Waals surface area contributed by atoms with Crippen molar-refractivity contribution in [3.8, 4) is 11.5 Å². The van der Waals surface area contributed by atoms with E-state index in [0.29, 0.717) is 43.4 Å². The fourth-order valence-corrected chi connectivity index (χ4v) is 5.89. The lowest BCUT2D eigenvalue weighted by molar-refractivity contribution is -0.192. The Balaban J connectivity index is 0.000000646. The van der Waals surface area contributed by atoms with Crippen molar-refractivity contribution in [3.63, 3.8) is 0 Å². The first kappa shape index (κ1) is 33.7. The van der Waals surface area contributed by atoms with E-state index in [2.05, 4.69) is 5.32 Å². The molecule has 2 aliphatic rings. The summed E-state index contributed by atoms with van der Waals surface area (Å²) in [6.07, 6.45) is -8.15. The second-order valence-electron chi connectivity index (χ2n) is 10.4. The number of benzene rings is 2. The molecule has 3 atom stereocenters. The maximum Gasteiger partial charge on any atom is 0.490 e. The molecule has 0 unspecified atom stereocenters. The number of carbonyl (C=O) groups excluding carboxylic acids is 1. The van der Waals surface area contributed by atoms with E-state index in [-0.39, 0.29) is 11.5 Å². The van der Waals surface area contributed by atoms with Gasteiger partial charge in [-0.15, -0.1) is 0 Å². The standard InChI is InChI=1S/C25H28F5N3O3.C2HF3O2/c1-23(33(22(31)34)16-6-5-15(25(28,29)30)20(26)21(16)27)8-9-24(10-11-32-19(24)13-23)14-4-7-17(35-2)18(12-14)36-3;3-2(4,5)1(6)7/h4-7,12,19,32H,8-11,13H2,1-3H3,(H2,31,34);(H,6,7)/t19-,23+,24-;/m0./s1. The number of nitrogens with one attached hydrogen (secondary N) is 1. The summed E-state index contributed by atoms with van der Waals surface area (Å²) in [5, 5.41) is 10.6. The van der Waals surface area contributed by atoms with Crippen LogP contribution in [0.1, 0.15) is 43.7 Å². The average Bonchev–Trinajstić information content (AvgIpc) is 3.33. The Labute approximate surface area is 240 Å². The normalized spacial score (nSPS) is 23.5. The van der Waals surface area contributed by atoms with Crippen molar-refractivity contribution >= 4 is 17.7 Å². The Bertz CT molecular complexity index is 1370. The third-order valence-corrected chi connectivity index (χ3v) is 7.95. The number of primary amides is 1. The zero-order valence-electron chi connectivity index (χ0n) is 23.1. The number of ether oxygens (including phenoxy) is 2. The molecule has 1 heterocycles. The van der Waals surface area contributed by atoms with Gasteiger partial charge in [0.15, 0.2) is 23.1 Å². The minimum absolute atomic E-state index is 0.168. The van der Waals surface area contributed by atoms with Crippen molar-refractivity contribution in [2.45, 2.75) is 62.0 Å². The number of fused-ring (bicyclic) bond motifs is 1. The number of aliphatic carboxylic acids is 1. The van der Waals surface area contributed by atoms with Crippen LogP contribution in [-0.4, -0.2) is 55.6 Å². The first-order valence-corrected chi connectivity index (χ1v) is 12.7. The summed E-state index contributed by atoms with van der Waals surface area (Å²) in [5.41, 5.74) is 2.84. The second kappa shape index (κ2) is 12.1. The molecule has 8 nitrogen and oxygen atoms in total. The van der Waals surface area contributed by atoms with Crippen LogP contribution in [0.5, 0.6) is 11.5 Å². The Morgan fingerprint density at radius 2 is 1.58 bits per heavy atom. The number of carbonyl (C=O) groups is 2. The van der Waals surface area contributed by atoms with Gasteiger partial charge in [0.2, 0.25) is 0 Å². The summed E-state index contributed by atoms with van der Waals surface area (Å²) in [6.45, 7) is 2.38. The molecule has 238 valence electrons. The van der Waals surface area contributed by atoms with E-state index < -0.39 is 52.8 Å². The molecule has 1 aliphatic heterocycles. The third kappa shape index (κ3) is 6.58. The van der Waals surface area contributed by atoms with Crippen molar-refractivity contribution in [1.29, 1.82) is 0 Å². The Kier molecular flexibility index (Phi) is 9.44. The number of nitrogens with zero attached hydrogens (tertiary/aromatic N) is 1. The van der Waals surface area contributed by atoms with E-state index in [1.165, 1.54) is 0 Å². The number of hydrogen-bond donors (Lipinski definition) is 3. The average molecular weight is 628 g/mol. The number of amides is 2. The molecule has 4 rings (SSSR count). The lowest BCUT2D eigenvalue weighted by atomic mass is 9.61. The van der Waals surface area contributed by atoms with Crippen LogP contribution in [0.15, 0.2) is 30.3 Å². The zero-order valence-corrected chi connectivity index (χ0v) is 23.1. The largest absolute Gasteiger partial charge is 0.493 e. The maximum absolute atomic E-state index is 14.9. The molecular formula is C27H29F8N3O5. The molecule has 4 N–H and O–H groups in total. The molecule has 2 fully saturated rings. The summed E-state index contributed by atoms with van der Waals surface area (Å²) in [4.78, 5) is 22.3. The van der Waals surface area contributed by atoms with Crippen molar-refractivity contribution in [2.24, 2.45) is 5.73 Å². The van der Waals surface area contributed by atoms with Crippen LogP contribution in [0.4, 0.5) is 45.6 Å². The SMILES string of the molecule is COc1ccc([C@]23CCN[C@H]2C[C@](C)(N(C(N)=O)c2ccc(C(F)(F)F)c(F)c2F)CC3)cc1OC.O=C(O)C(F)(F)F. The van der Waals surface area contributed by atoms with Gasteiger partial charge < -0.3 is 25.6 Å². The molecule has 2 amide bonds. The highest BCUT2D eigenvalue weighted by Crippen LogP contribution is 2.52. The molecule has 16 heteroatoms. The molecule has 2 aromatic carbocycles. The molecule has 0 radical (unpaired) electrons. The van der Waals surface area contributed by atoms with E-state index in [0.717, 1.165) is 23.0 Å². The summed E-state index contributed by atoms with van der Waals surface area (Å²) >= 11 is 0. The summed E-state index contributed by atoms with van der Waals surface area (Å²) in [6, 6.07) is 5.64. The molecular weight excluding hydrogens is 598 g/mol. The smallest absolute Gasteiger partial charge is 0.490 e. The highest BCUT2D eigenvalue weighted by Gasteiger charge is 2.54. The second-order valence-corrected chi connectivity index (χ2v) is 10.4. The number of carboxylic acids is 1. The fourth-order valence-electron chi connectivity index (χ4n) is 5.89. The highest BCUT2D eigenvalue weighted by atomic mass is 19.4. The monoisotopic (exact) mass is 627 g/mol. The molecule has 2 aromatic rings. The molecule has 0 bridgehead atoms. The van der Waals surface area contributed by atoms with Crippen molar-refractivity contribution in [2.75, 3.05) is 25.7 Å². The van der Waals surface area contributed by atoms with Crippen molar-refractivity contribution in [3.05, 3.63) is 53.1 Å². The van der Waals surface area contributed by atoms with Crippen LogP contribution >= 0.6 is 0 Å². The minimum atomic E-state index is -5.08. The van der Waals surface area contributed by atoms with Crippen molar-refractivity contribution < 1.29 is 59.3 Å². The lowest BCUT2D eigenvalue weighted by Gasteiger charge is -2.51. The van der Waals surface area contributed by atoms with E-state index in [4.69, 9.17) is 25.1 Å². The van der Waals surface area contributed by atoms with E-state index in [1.54, 1.807) is 21.1 Å². The number of urea groups is 1. The van der Waals surface area contributed by atoms with E-state index in [1.807, 2.05) is 18.2 Å². The van der Waals surface area contributed by atoms with Crippen LogP contribution in [0, 0.1) is 11.6 Å². The number of anilines is 1. The number of methoxy groups -OCH3 is 2. The van der Waals surface area contributed by atoms with Gasteiger partial charge in [-0.2, -0.15) is 26.3 Å². The van der Waals surface area contributed by atoms with E-state index >= 15 is 0 Å². The van der Waals surface area contributed by atoms with Gasteiger partial charge in [-0.1, -0.05) is 6.07 Å². The van der Waals surface area contributed by atoms with Gasteiger partial charge in [0.25, 0.3) is 0 Å². The van der Waals surface area contributed by atoms with Gasteiger partial charge in [0, 0.05) is 17.0 Å². The number of nitrogens with two attached hydrogens (primary N) is 1. The van der Waals surface area contributed by atoms with Crippen molar-refractivity contribution in [1.82, 2.24) is 5.32 Å². The summed E-state index contributed by atoms with van der Waals surface area (Å²) in [5.74, 6) is -5.43. The number of alkyl halides is 6. The summed E-state index contributed by atoms with van der Waals surface area (Å²) in [7, 11) is 3.09. The zero-order chi connectivity index (χ0) is 32.5. The van der Waals surface area contributed by atoms with Gasteiger partial charge in [-0.05, 0) is 69.0 Å².